The molecule has 28 heavy (non-hydrogen) atoms. The highest BCUT2D eigenvalue weighted by Crippen LogP contribution is 2.20. The van der Waals surface area contributed by atoms with Crippen molar-refractivity contribution in [3.05, 3.63) is 29.8 Å². The summed E-state index contributed by atoms with van der Waals surface area (Å²) in [6.07, 6.45) is 0.0750. The summed E-state index contributed by atoms with van der Waals surface area (Å²) >= 11 is 0. The number of hydrogen-bond donors (Lipinski definition) is 3. The lowest BCUT2D eigenvalue weighted by atomic mass is 10.2. The Kier molecular flexibility index (Phi) is 6.61. The number of amidine groups is 1. The Morgan fingerprint density at radius 3 is 2.43 bits per heavy atom. The summed E-state index contributed by atoms with van der Waals surface area (Å²) < 4.78 is 5.17. The van der Waals surface area contributed by atoms with Crippen molar-refractivity contribution in [2.45, 2.75) is 32.8 Å². The lowest BCUT2D eigenvalue weighted by Gasteiger charge is -2.20. The van der Waals surface area contributed by atoms with Gasteiger partial charge in [-0.15, -0.1) is 0 Å². The number of urea groups is 1. The van der Waals surface area contributed by atoms with Gasteiger partial charge in [0.2, 0.25) is 5.91 Å². The first-order chi connectivity index (χ1) is 13.1. The molecule has 0 aliphatic carbocycles. The number of nitrogens with two attached hydrogens (primary N) is 1. The molecule has 0 bridgehead atoms. The molecule has 1 aromatic rings. The highest BCUT2D eigenvalue weighted by atomic mass is 16.6. The lowest BCUT2D eigenvalue weighted by Crippen LogP contribution is -2.40. The number of rotatable bonds is 7. The molecule has 9 heteroatoms. The third-order valence-electron chi connectivity index (χ3n) is 3.99. The summed E-state index contributed by atoms with van der Waals surface area (Å²) in [5.41, 5.74) is 6.13. The molecule has 9 nitrogen and oxygen atoms in total. The van der Waals surface area contributed by atoms with Crippen LogP contribution in [0.3, 0.4) is 0 Å². The Balaban J connectivity index is 1.80. The summed E-state index contributed by atoms with van der Waals surface area (Å²) in [5.74, 6) is -0.750. The van der Waals surface area contributed by atoms with Crippen molar-refractivity contribution in [3.8, 4) is 0 Å². The first-order valence-electron chi connectivity index (χ1n) is 9.06. The third-order valence-corrected chi connectivity index (χ3v) is 3.99. The van der Waals surface area contributed by atoms with Gasteiger partial charge in [-0.05, 0) is 45.0 Å². The van der Waals surface area contributed by atoms with Crippen LogP contribution in [0.25, 0.3) is 0 Å². The first kappa shape index (κ1) is 21.2. The predicted octanol–water partition coefficient (Wildman–Crippen LogP) is 1.06. The Morgan fingerprint density at radius 1 is 1.21 bits per heavy atom. The van der Waals surface area contributed by atoms with E-state index in [9.17, 15) is 14.4 Å². The number of esters is 1. The molecule has 1 aliphatic heterocycles. The van der Waals surface area contributed by atoms with Gasteiger partial charge < -0.3 is 20.7 Å². The zero-order chi connectivity index (χ0) is 20.9. The van der Waals surface area contributed by atoms with Gasteiger partial charge in [-0.3, -0.25) is 19.9 Å². The SMILES string of the molecule is CC(C)(C)OC(=O)CCNC(=O)CN1CCN(c2ccc(C(=N)N)cc2)C1=O. The summed E-state index contributed by atoms with van der Waals surface area (Å²) in [6.45, 7) is 6.31. The van der Waals surface area contributed by atoms with Gasteiger partial charge in [0.05, 0.1) is 6.42 Å². The standard InChI is InChI=1S/C19H27N5O4/c1-19(2,3)28-16(26)8-9-22-15(25)12-23-10-11-24(18(23)27)14-6-4-13(5-7-14)17(20)21/h4-7H,8-12H2,1-3H3,(H3,20,21)(H,22,25). The number of ether oxygens (including phenoxy) is 1. The molecule has 152 valence electrons. The third kappa shape index (κ3) is 5.97. The number of benzene rings is 1. The van der Waals surface area contributed by atoms with E-state index in [1.165, 1.54) is 4.90 Å². The number of anilines is 1. The molecule has 1 aliphatic rings. The van der Waals surface area contributed by atoms with Crippen LogP contribution < -0.4 is 16.0 Å². The van der Waals surface area contributed by atoms with E-state index in [4.69, 9.17) is 15.9 Å². The topological polar surface area (TPSA) is 129 Å². The van der Waals surface area contributed by atoms with Crippen molar-refractivity contribution in [3.63, 3.8) is 0 Å². The van der Waals surface area contributed by atoms with Crippen molar-refractivity contribution in [2.75, 3.05) is 31.1 Å². The number of nitrogens with zero attached hydrogens (tertiary/aromatic N) is 2. The van der Waals surface area contributed by atoms with Crippen molar-refractivity contribution in [1.82, 2.24) is 10.2 Å². The number of nitrogen functional groups attached to an aromatic ring is 1. The van der Waals surface area contributed by atoms with Gasteiger partial charge in [0.1, 0.15) is 18.0 Å². The number of carbonyl (C=O) groups excluding carboxylic acids is 3. The van der Waals surface area contributed by atoms with Crippen LogP contribution in [0.4, 0.5) is 10.5 Å². The van der Waals surface area contributed by atoms with E-state index in [1.54, 1.807) is 49.9 Å². The minimum absolute atomic E-state index is 0.0380. The largest absolute Gasteiger partial charge is 0.460 e. The molecule has 0 unspecified atom stereocenters. The fraction of sp³-hybridized carbons (Fsp3) is 0.474. The van der Waals surface area contributed by atoms with Gasteiger partial charge in [-0.25, -0.2) is 4.79 Å². The van der Waals surface area contributed by atoms with Crippen LogP contribution >= 0.6 is 0 Å². The second-order valence-electron chi connectivity index (χ2n) is 7.50. The zero-order valence-corrected chi connectivity index (χ0v) is 16.4. The molecule has 1 saturated heterocycles. The van der Waals surface area contributed by atoms with Gasteiger partial charge in [0.25, 0.3) is 0 Å². The fourth-order valence-electron chi connectivity index (χ4n) is 2.72. The second-order valence-corrected chi connectivity index (χ2v) is 7.50. The summed E-state index contributed by atoms with van der Waals surface area (Å²) in [7, 11) is 0. The van der Waals surface area contributed by atoms with E-state index in [0.29, 0.717) is 24.3 Å². The van der Waals surface area contributed by atoms with Crippen molar-refractivity contribution < 1.29 is 19.1 Å². The Labute approximate surface area is 164 Å². The fourth-order valence-corrected chi connectivity index (χ4v) is 2.72. The molecular weight excluding hydrogens is 362 g/mol. The van der Waals surface area contributed by atoms with Crippen LogP contribution in [0, 0.1) is 5.41 Å². The molecule has 1 aromatic carbocycles. The molecule has 3 amide bonds. The van der Waals surface area contributed by atoms with Gasteiger partial charge in [-0.1, -0.05) is 0 Å². The number of amides is 3. The van der Waals surface area contributed by atoms with Crippen LogP contribution in [0.2, 0.25) is 0 Å². The van der Waals surface area contributed by atoms with E-state index in [0.717, 1.165) is 0 Å². The molecule has 0 saturated carbocycles. The number of nitrogens with one attached hydrogen (secondary N) is 2. The maximum absolute atomic E-state index is 12.5. The van der Waals surface area contributed by atoms with E-state index < -0.39 is 5.60 Å². The van der Waals surface area contributed by atoms with E-state index in [1.807, 2.05) is 0 Å². The molecule has 4 N–H and O–H groups in total. The second kappa shape index (κ2) is 8.73. The van der Waals surface area contributed by atoms with Crippen LogP contribution in [-0.4, -0.2) is 60.4 Å². The average Bonchev–Trinajstić information content (AvgIpc) is 2.94. The van der Waals surface area contributed by atoms with Crippen LogP contribution in [0.15, 0.2) is 24.3 Å². The smallest absolute Gasteiger partial charge is 0.325 e. The average molecular weight is 389 g/mol. The summed E-state index contributed by atoms with van der Waals surface area (Å²) in [5, 5.41) is 10.0. The molecule has 0 aromatic heterocycles. The molecular formula is C19H27N5O4. The molecule has 1 heterocycles. The molecule has 0 atom stereocenters. The quantitative estimate of drug-likeness (QED) is 0.365. The van der Waals surface area contributed by atoms with Gasteiger partial charge in [0.15, 0.2) is 0 Å². The number of carbonyl (C=O) groups is 3. The highest BCUT2D eigenvalue weighted by Gasteiger charge is 2.30. The van der Waals surface area contributed by atoms with E-state index >= 15 is 0 Å². The lowest BCUT2D eigenvalue weighted by molar-refractivity contribution is -0.154. The zero-order valence-electron chi connectivity index (χ0n) is 16.4. The summed E-state index contributed by atoms with van der Waals surface area (Å²) in [4.78, 5) is 39.2. The Bertz CT molecular complexity index is 755. The van der Waals surface area contributed by atoms with Crippen LogP contribution in [0.1, 0.15) is 32.8 Å². The Morgan fingerprint density at radius 2 is 1.86 bits per heavy atom. The first-order valence-corrected chi connectivity index (χ1v) is 9.06. The molecule has 0 radical (unpaired) electrons. The minimum Gasteiger partial charge on any atom is -0.460 e. The highest BCUT2D eigenvalue weighted by molar-refractivity contribution is 5.98. The van der Waals surface area contributed by atoms with Crippen LogP contribution in [0.5, 0.6) is 0 Å². The van der Waals surface area contributed by atoms with Crippen LogP contribution in [-0.2, 0) is 14.3 Å². The minimum atomic E-state index is -0.560. The molecule has 1 fully saturated rings. The number of hydrogen-bond acceptors (Lipinski definition) is 5. The maximum atomic E-state index is 12.5. The van der Waals surface area contributed by atoms with E-state index in [2.05, 4.69) is 5.32 Å². The normalized spacial score (nSPS) is 14.2. The predicted molar refractivity (Wildman–Crippen MR) is 105 cm³/mol. The Hall–Kier alpha value is -3.10. The van der Waals surface area contributed by atoms with Crippen molar-refractivity contribution >= 4 is 29.4 Å². The van der Waals surface area contributed by atoms with Gasteiger partial charge in [-0.2, -0.15) is 0 Å². The molecule has 0 spiro atoms. The van der Waals surface area contributed by atoms with Gasteiger partial charge in [0, 0.05) is 30.9 Å². The van der Waals surface area contributed by atoms with Crippen molar-refractivity contribution in [1.29, 1.82) is 5.41 Å². The van der Waals surface area contributed by atoms with E-state index in [-0.39, 0.29) is 43.3 Å². The van der Waals surface area contributed by atoms with Crippen molar-refractivity contribution in [2.24, 2.45) is 5.73 Å². The summed E-state index contributed by atoms with van der Waals surface area (Å²) in [6, 6.07) is 6.53. The monoisotopic (exact) mass is 389 g/mol. The van der Waals surface area contributed by atoms with Gasteiger partial charge >= 0.3 is 12.0 Å². The maximum Gasteiger partial charge on any atom is 0.325 e. The molecule has 2 rings (SSSR count).